The molecule has 0 aliphatic carbocycles. The van der Waals surface area contributed by atoms with Gasteiger partial charge in [0.2, 0.25) is 0 Å². The second-order valence-corrected chi connectivity index (χ2v) is 5.35. The molecule has 1 N–H and O–H groups in total. The Morgan fingerprint density at radius 1 is 1.50 bits per heavy atom. The van der Waals surface area contributed by atoms with Gasteiger partial charge in [-0.15, -0.1) is 0 Å². The lowest BCUT2D eigenvalue weighted by Gasteiger charge is -2.02. The van der Waals surface area contributed by atoms with Gasteiger partial charge >= 0.3 is 5.97 Å². The van der Waals surface area contributed by atoms with Crippen LogP contribution in [0.1, 0.15) is 30.1 Å². The topological polar surface area (TPSA) is 55.1 Å². The maximum absolute atomic E-state index is 13.9. The van der Waals surface area contributed by atoms with E-state index in [2.05, 4.69) is 21.0 Å². The van der Waals surface area contributed by atoms with Crippen molar-refractivity contribution in [3.8, 4) is 11.3 Å². The predicted octanol–water partition coefficient (Wildman–Crippen LogP) is 3.95. The van der Waals surface area contributed by atoms with Gasteiger partial charge in [-0.3, -0.25) is 4.68 Å². The van der Waals surface area contributed by atoms with Crippen LogP contribution in [0.2, 0.25) is 0 Å². The molecule has 0 aliphatic heterocycles. The van der Waals surface area contributed by atoms with Gasteiger partial charge in [0.1, 0.15) is 17.1 Å². The molecular formula is C14H14BrFN2O2. The number of nitrogens with zero attached hydrogens (tertiary/aromatic N) is 2. The summed E-state index contributed by atoms with van der Waals surface area (Å²) in [4.78, 5) is 11.3. The molecule has 4 nitrogen and oxygen atoms in total. The summed E-state index contributed by atoms with van der Waals surface area (Å²) in [7, 11) is 0. The number of benzene rings is 1. The van der Waals surface area contributed by atoms with Crippen molar-refractivity contribution in [1.29, 1.82) is 0 Å². The maximum Gasteiger partial charge on any atom is 0.339 e. The summed E-state index contributed by atoms with van der Waals surface area (Å²) >= 11 is 3.26. The molecule has 0 bridgehead atoms. The first-order chi connectivity index (χ1) is 9.52. The van der Waals surface area contributed by atoms with E-state index in [0.717, 1.165) is 12.8 Å². The Balaban J connectivity index is 2.51. The predicted molar refractivity (Wildman–Crippen MR) is 77.2 cm³/mol. The van der Waals surface area contributed by atoms with E-state index >= 15 is 0 Å². The Labute approximate surface area is 124 Å². The van der Waals surface area contributed by atoms with Gasteiger partial charge in [-0.25, -0.2) is 9.18 Å². The van der Waals surface area contributed by atoms with E-state index in [9.17, 15) is 14.3 Å². The minimum absolute atomic E-state index is 0.0121. The average Bonchev–Trinajstić information content (AvgIpc) is 2.83. The first-order valence-electron chi connectivity index (χ1n) is 6.29. The van der Waals surface area contributed by atoms with Gasteiger partial charge in [-0.05, 0) is 24.6 Å². The van der Waals surface area contributed by atoms with Crippen LogP contribution in [0.3, 0.4) is 0 Å². The highest BCUT2D eigenvalue weighted by atomic mass is 79.9. The molecule has 0 fully saturated rings. The van der Waals surface area contributed by atoms with Crippen molar-refractivity contribution in [2.75, 3.05) is 0 Å². The van der Waals surface area contributed by atoms with Crippen molar-refractivity contribution in [1.82, 2.24) is 9.78 Å². The molecule has 2 rings (SSSR count). The smallest absolute Gasteiger partial charge is 0.339 e. The second-order valence-electron chi connectivity index (χ2n) is 4.44. The second kappa shape index (κ2) is 6.17. The molecule has 1 aromatic heterocycles. The van der Waals surface area contributed by atoms with Crippen LogP contribution < -0.4 is 0 Å². The average molecular weight is 341 g/mol. The highest BCUT2D eigenvalue weighted by Gasteiger charge is 2.19. The Morgan fingerprint density at radius 2 is 2.25 bits per heavy atom. The van der Waals surface area contributed by atoms with Crippen molar-refractivity contribution < 1.29 is 14.3 Å². The van der Waals surface area contributed by atoms with Crippen LogP contribution in [-0.4, -0.2) is 20.9 Å². The summed E-state index contributed by atoms with van der Waals surface area (Å²) in [5, 5.41) is 13.5. The van der Waals surface area contributed by atoms with Gasteiger partial charge in [0.25, 0.3) is 0 Å². The number of halogens is 2. The zero-order valence-corrected chi connectivity index (χ0v) is 12.5. The quantitative estimate of drug-likeness (QED) is 0.896. The molecule has 20 heavy (non-hydrogen) atoms. The lowest BCUT2D eigenvalue weighted by molar-refractivity contribution is 0.0697. The van der Waals surface area contributed by atoms with Crippen molar-refractivity contribution in [2.45, 2.75) is 26.3 Å². The first kappa shape index (κ1) is 14.7. The number of aromatic nitrogens is 2. The number of unbranched alkanes of at least 4 members (excludes halogenated alkanes) is 1. The molecule has 0 spiro atoms. The van der Waals surface area contributed by atoms with E-state index in [1.54, 1.807) is 10.7 Å². The molecule has 1 heterocycles. The van der Waals surface area contributed by atoms with Crippen molar-refractivity contribution in [2.24, 2.45) is 0 Å². The van der Waals surface area contributed by atoms with E-state index < -0.39 is 11.8 Å². The number of carboxylic acid groups (broad SMARTS) is 1. The molecular weight excluding hydrogens is 327 g/mol. The third kappa shape index (κ3) is 3.07. The number of hydrogen-bond donors (Lipinski definition) is 1. The van der Waals surface area contributed by atoms with Gasteiger partial charge < -0.3 is 5.11 Å². The molecule has 0 atom stereocenters. The fourth-order valence-corrected chi connectivity index (χ4v) is 2.25. The Hall–Kier alpha value is -1.69. The van der Waals surface area contributed by atoms with Crippen LogP contribution in [0.25, 0.3) is 11.3 Å². The van der Waals surface area contributed by atoms with E-state index in [4.69, 9.17) is 0 Å². The largest absolute Gasteiger partial charge is 0.478 e. The fourth-order valence-electron chi connectivity index (χ4n) is 1.89. The molecule has 0 aliphatic rings. The number of rotatable bonds is 5. The Morgan fingerprint density at radius 3 is 2.90 bits per heavy atom. The van der Waals surface area contributed by atoms with Crippen LogP contribution in [0, 0.1) is 5.82 Å². The highest BCUT2D eigenvalue weighted by Crippen LogP contribution is 2.28. The summed E-state index contributed by atoms with van der Waals surface area (Å²) in [6, 6.07) is 4.39. The van der Waals surface area contributed by atoms with E-state index in [-0.39, 0.29) is 16.8 Å². The molecule has 2 aromatic rings. The van der Waals surface area contributed by atoms with Crippen molar-refractivity contribution >= 4 is 21.9 Å². The zero-order valence-electron chi connectivity index (χ0n) is 10.9. The molecule has 6 heteroatoms. The molecule has 106 valence electrons. The summed E-state index contributed by atoms with van der Waals surface area (Å²) < 4.78 is 16.1. The van der Waals surface area contributed by atoms with Crippen LogP contribution in [0.4, 0.5) is 4.39 Å². The molecule has 1 aromatic carbocycles. The van der Waals surface area contributed by atoms with E-state index in [1.165, 1.54) is 18.3 Å². The third-order valence-electron chi connectivity index (χ3n) is 2.92. The molecule has 0 radical (unpaired) electrons. The number of carboxylic acids is 1. The minimum Gasteiger partial charge on any atom is -0.478 e. The SMILES string of the molecule is CCCCn1cc(C(=O)O)c(-c2cc(Br)ccc2F)n1. The Bertz CT molecular complexity index is 640. The van der Waals surface area contributed by atoms with Gasteiger partial charge in [-0.2, -0.15) is 5.10 Å². The van der Waals surface area contributed by atoms with Crippen molar-refractivity contribution in [3.05, 3.63) is 40.2 Å². The Kier molecular flexibility index (Phi) is 4.54. The van der Waals surface area contributed by atoms with E-state index in [0.29, 0.717) is 11.0 Å². The molecule has 0 saturated carbocycles. The van der Waals surface area contributed by atoms with E-state index in [1.807, 2.05) is 6.92 Å². The maximum atomic E-state index is 13.9. The van der Waals surface area contributed by atoms with Crippen LogP contribution in [0.5, 0.6) is 0 Å². The summed E-state index contributed by atoms with van der Waals surface area (Å²) in [6.45, 7) is 2.66. The van der Waals surface area contributed by atoms with Gasteiger partial charge in [-0.1, -0.05) is 29.3 Å². The molecule has 0 saturated heterocycles. The number of aryl methyl sites for hydroxylation is 1. The fraction of sp³-hybridized carbons (Fsp3) is 0.286. The normalized spacial score (nSPS) is 10.8. The van der Waals surface area contributed by atoms with Crippen LogP contribution in [0.15, 0.2) is 28.9 Å². The summed E-state index contributed by atoms with van der Waals surface area (Å²) in [5.74, 6) is -1.60. The lowest BCUT2D eigenvalue weighted by atomic mass is 10.1. The number of hydrogen-bond acceptors (Lipinski definition) is 2. The lowest BCUT2D eigenvalue weighted by Crippen LogP contribution is -1.98. The molecule has 0 amide bonds. The highest BCUT2D eigenvalue weighted by molar-refractivity contribution is 9.10. The van der Waals surface area contributed by atoms with Gasteiger partial charge in [0, 0.05) is 22.8 Å². The first-order valence-corrected chi connectivity index (χ1v) is 7.08. The number of carbonyl (C=O) groups is 1. The minimum atomic E-state index is -1.11. The third-order valence-corrected chi connectivity index (χ3v) is 3.41. The molecule has 0 unspecified atom stereocenters. The number of aromatic carboxylic acids is 1. The van der Waals surface area contributed by atoms with Gasteiger partial charge in [0.15, 0.2) is 0 Å². The van der Waals surface area contributed by atoms with Crippen LogP contribution >= 0.6 is 15.9 Å². The summed E-state index contributed by atoms with van der Waals surface area (Å²) in [6.07, 6.45) is 3.32. The zero-order chi connectivity index (χ0) is 14.7. The monoisotopic (exact) mass is 340 g/mol. The standard InChI is InChI=1S/C14H14BrFN2O2/c1-2-3-6-18-8-11(14(19)20)13(17-18)10-7-9(15)4-5-12(10)16/h4-5,7-8H,2-3,6H2,1H3,(H,19,20). The van der Waals surface area contributed by atoms with Gasteiger partial charge in [0.05, 0.1) is 0 Å². The van der Waals surface area contributed by atoms with Crippen LogP contribution in [-0.2, 0) is 6.54 Å². The van der Waals surface area contributed by atoms with Crippen molar-refractivity contribution in [3.63, 3.8) is 0 Å². The summed E-state index contributed by atoms with van der Waals surface area (Å²) in [5.41, 5.74) is 0.359.